The highest BCUT2D eigenvalue weighted by Crippen LogP contribution is 2.30. The van der Waals surface area contributed by atoms with Crippen molar-refractivity contribution >= 4 is 17.3 Å². The summed E-state index contributed by atoms with van der Waals surface area (Å²) >= 11 is 5.76. The van der Waals surface area contributed by atoms with Crippen molar-refractivity contribution in [2.45, 2.75) is 20.3 Å². The van der Waals surface area contributed by atoms with Crippen LogP contribution in [0.3, 0.4) is 0 Å². The number of hydrogen-bond donors (Lipinski definition) is 0. The van der Waals surface area contributed by atoms with Crippen molar-refractivity contribution in [3.05, 3.63) is 33.3 Å². The molecule has 0 heterocycles. The molecule has 5 nitrogen and oxygen atoms in total. The molecule has 0 radical (unpaired) electrons. The summed E-state index contributed by atoms with van der Waals surface area (Å²) in [7, 11) is 0. The molecule has 0 unspecified atom stereocenters. The second-order valence-electron chi connectivity index (χ2n) is 4.46. The Balaban J connectivity index is 2.76. The van der Waals surface area contributed by atoms with Gasteiger partial charge in [-0.1, -0.05) is 11.6 Å². The number of ether oxygens (including phenoxy) is 1. The standard InChI is InChI=1S/C12H13ClN2O3/c1-12(2,8-14)5-6-18-11-7-9(13)3-4-10(11)15(16)17/h3-4,7H,5-6H2,1-2H3. The average Bonchev–Trinajstić information content (AvgIpc) is 2.28. The predicted octanol–water partition coefficient (Wildman–Crippen LogP) is 3.57. The van der Waals surface area contributed by atoms with E-state index in [0.29, 0.717) is 11.4 Å². The van der Waals surface area contributed by atoms with Crippen molar-refractivity contribution in [1.29, 1.82) is 5.26 Å². The quantitative estimate of drug-likeness (QED) is 0.604. The molecule has 0 aromatic heterocycles. The van der Waals surface area contributed by atoms with Gasteiger partial charge in [-0.25, -0.2) is 0 Å². The number of halogens is 1. The van der Waals surface area contributed by atoms with Crippen molar-refractivity contribution in [3.8, 4) is 11.8 Å². The molecular formula is C12H13ClN2O3. The number of nitro benzene ring substituents is 1. The summed E-state index contributed by atoms with van der Waals surface area (Å²) in [6.07, 6.45) is 0.479. The molecule has 0 amide bonds. The van der Waals surface area contributed by atoms with E-state index in [1.807, 2.05) is 0 Å². The molecule has 1 aromatic rings. The lowest BCUT2D eigenvalue weighted by Crippen LogP contribution is -2.13. The van der Waals surface area contributed by atoms with E-state index in [1.165, 1.54) is 18.2 Å². The van der Waals surface area contributed by atoms with Crippen LogP contribution in [0.2, 0.25) is 5.02 Å². The molecule has 0 atom stereocenters. The van der Waals surface area contributed by atoms with Gasteiger partial charge in [0, 0.05) is 17.2 Å². The first kappa shape index (κ1) is 14.3. The molecule has 1 aromatic carbocycles. The lowest BCUT2D eigenvalue weighted by Gasteiger charge is -2.15. The van der Waals surface area contributed by atoms with Gasteiger partial charge in [-0.15, -0.1) is 0 Å². The minimum Gasteiger partial charge on any atom is -0.487 e. The van der Waals surface area contributed by atoms with Gasteiger partial charge in [-0.3, -0.25) is 10.1 Å². The first-order valence-electron chi connectivity index (χ1n) is 5.34. The molecule has 0 saturated heterocycles. The van der Waals surface area contributed by atoms with Crippen molar-refractivity contribution in [2.24, 2.45) is 5.41 Å². The third-order valence-electron chi connectivity index (χ3n) is 2.41. The maximum absolute atomic E-state index is 10.8. The number of nitriles is 1. The molecule has 1 rings (SSSR count). The zero-order valence-electron chi connectivity index (χ0n) is 10.1. The van der Waals surface area contributed by atoms with Gasteiger partial charge in [-0.05, 0) is 26.3 Å². The second-order valence-corrected chi connectivity index (χ2v) is 4.90. The van der Waals surface area contributed by atoms with Gasteiger partial charge in [-0.2, -0.15) is 5.26 Å². The third kappa shape index (κ3) is 3.90. The Bertz CT molecular complexity index is 495. The Morgan fingerprint density at radius 3 is 2.78 bits per heavy atom. The van der Waals surface area contributed by atoms with E-state index in [1.54, 1.807) is 13.8 Å². The first-order chi connectivity index (χ1) is 8.35. The van der Waals surface area contributed by atoms with Crippen LogP contribution in [0.5, 0.6) is 5.75 Å². The molecule has 0 aliphatic carbocycles. The highest BCUT2D eigenvalue weighted by molar-refractivity contribution is 6.30. The lowest BCUT2D eigenvalue weighted by atomic mass is 9.92. The first-order valence-corrected chi connectivity index (χ1v) is 5.71. The van der Waals surface area contributed by atoms with E-state index < -0.39 is 10.3 Å². The summed E-state index contributed by atoms with van der Waals surface area (Å²) in [5.41, 5.74) is -0.651. The van der Waals surface area contributed by atoms with Crippen LogP contribution in [0.15, 0.2) is 18.2 Å². The normalized spacial score (nSPS) is 10.8. The molecule has 18 heavy (non-hydrogen) atoms. The zero-order chi connectivity index (χ0) is 13.8. The van der Waals surface area contributed by atoms with Gasteiger partial charge < -0.3 is 4.74 Å². The SMILES string of the molecule is CC(C)(C#N)CCOc1cc(Cl)ccc1[N+](=O)[O-]. The van der Waals surface area contributed by atoms with Crippen molar-refractivity contribution in [3.63, 3.8) is 0 Å². The van der Waals surface area contributed by atoms with Crippen molar-refractivity contribution < 1.29 is 9.66 Å². The molecule has 0 spiro atoms. The second kappa shape index (κ2) is 5.69. The number of rotatable bonds is 5. The summed E-state index contributed by atoms with van der Waals surface area (Å²) in [5, 5.41) is 20.0. The fraction of sp³-hybridized carbons (Fsp3) is 0.417. The average molecular weight is 269 g/mol. The maximum Gasteiger partial charge on any atom is 0.311 e. The summed E-state index contributed by atoms with van der Waals surface area (Å²) in [5.74, 6) is 0.126. The molecule has 0 aliphatic rings. The minimum atomic E-state index is -0.527. The van der Waals surface area contributed by atoms with Crippen LogP contribution in [0, 0.1) is 26.9 Å². The molecule has 0 saturated carbocycles. The van der Waals surface area contributed by atoms with Crippen molar-refractivity contribution in [2.75, 3.05) is 6.61 Å². The van der Waals surface area contributed by atoms with E-state index in [4.69, 9.17) is 21.6 Å². The zero-order valence-corrected chi connectivity index (χ0v) is 10.9. The van der Waals surface area contributed by atoms with Gasteiger partial charge in [0.25, 0.3) is 0 Å². The molecule has 6 heteroatoms. The molecule has 96 valence electrons. The fourth-order valence-electron chi connectivity index (χ4n) is 1.23. The molecule has 0 bridgehead atoms. The van der Waals surface area contributed by atoms with Crippen LogP contribution in [-0.2, 0) is 0 Å². The molecule has 0 aliphatic heterocycles. The van der Waals surface area contributed by atoms with Crippen LogP contribution < -0.4 is 4.74 Å². The van der Waals surface area contributed by atoms with E-state index in [9.17, 15) is 10.1 Å². The predicted molar refractivity (Wildman–Crippen MR) is 67.6 cm³/mol. The van der Waals surface area contributed by atoms with E-state index in [2.05, 4.69) is 6.07 Å². The highest BCUT2D eigenvalue weighted by Gasteiger charge is 2.19. The lowest BCUT2D eigenvalue weighted by molar-refractivity contribution is -0.385. The Morgan fingerprint density at radius 2 is 2.22 bits per heavy atom. The number of benzene rings is 1. The Labute approximate surface area is 110 Å². The van der Waals surface area contributed by atoms with E-state index in [-0.39, 0.29) is 18.0 Å². The van der Waals surface area contributed by atoms with Crippen LogP contribution in [0.25, 0.3) is 0 Å². The summed E-state index contributed by atoms with van der Waals surface area (Å²) < 4.78 is 5.34. The fourth-order valence-corrected chi connectivity index (χ4v) is 1.39. The smallest absolute Gasteiger partial charge is 0.311 e. The Hall–Kier alpha value is -1.80. The van der Waals surface area contributed by atoms with Gasteiger partial charge in [0.15, 0.2) is 5.75 Å². The minimum absolute atomic E-state index is 0.126. The van der Waals surface area contributed by atoms with Gasteiger partial charge in [0.2, 0.25) is 0 Å². The van der Waals surface area contributed by atoms with Crippen molar-refractivity contribution in [1.82, 2.24) is 0 Å². The van der Waals surface area contributed by atoms with Gasteiger partial charge in [0.1, 0.15) is 0 Å². The number of nitrogens with zero attached hydrogens (tertiary/aromatic N) is 2. The summed E-state index contributed by atoms with van der Waals surface area (Å²) in [6.45, 7) is 3.78. The topological polar surface area (TPSA) is 76.2 Å². The van der Waals surface area contributed by atoms with E-state index in [0.717, 1.165) is 0 Å². The number of hydrogen-bond acceptors (Lipinski definition) is 4. The third-order valence-corrected chi connectivity index (χ3v) is 2.64. The van der Waals surface area contributed by atoms with Gasteiger partial charge >= 0.3 is 5.69 Å². The highest BCUT2D eigenvalue weighted by atomic mass is 35.5. The van der Waals surface area contributed by atoms with Gasteiger partial charge in [0.05, 0.1) is 23.0 Å². The molecule has 0 fully saturated rings. The van der Waals surface area contributed by atoms with Crippen LogP contribution in [0.1, 0.15) is 20.3 Å². The van der Waals surface area contributed by atoms with Crippen LogP contribution in [-0.4, -0.2) is 11.5 Å². The summed E-state index contributed by atoms with van der Waals surface area (Å²) in [4.78, 5) is 10.3. The maximum atomic E-state index is 10.8. The molecular weight excluding hydrogens is 256 g/mol. The monoisotopic (exact) mass is 268 g/mol. The van der Waals surface area contributed by atoms with Crippen LogP contribution >= 0.6 is 11.6 Å². The van der Waals surface area contributed by atoms with Crippen LogP contribution in [0.4, 0.5) is 5.69 Å². The van der Waals surface area contributed by atoms with E-state index >= 15 is 0 Å². The Morgan fingerprint density at radius 1 is 1.56 bits per heavy atom. The largest absolute Gasteiger partial charge is 0.487 e. The Kier molecular flexibility index (Phi) is 4.51. The number of nitro groups is 1. The molecule has 0 N–H and O–H groups in total. The summed E-state index contributed by atoms with van der Waals surface area (Å²) in [6, 6.07) is 6.27.